The van der Waals surface area contributed by atoms with E-state index >= 15 is 0 Å². The van der Waals surface area contributed by atoms with Gasteiger partial charge < -0.3 is 14.8 Å². The number of halogens is 1. The Morgan fingerprint density at radius 1 is 1.13 bits per heavy atom. The van der Waals surface area contributed by atoms with Crippen LogP contribution in [-0.2, 0) is 23.9 Å². The lowest BCUT2D eigenvalue weighted by molar-refractivity contribution is -0.161. The van der Waals surface area contributed by atoms with E-state index in [9.17, 15) is 18.8 Å². The van der Waals surface area contributed by atoms with Crippen LogP contribution in [0, 0.1) is 11.7 Å². The third-order valence-electron chi connectivity index (χ3n) is 4.19. The molecule has 31 heavy (non-hydrogen) atoms. The van der Waals surface area contributed by atoms with Gasteiger partial charge in [0, 0.05) is 6.42 Å². The summed E-state index contributed by atoms with van der Waals surface area (Å²) in [7, 11) is 0. The van der Waals surface area contributed by atoms with Crippen LogP contribution in [-0.4, -0.2) is 30.1 Å². The van der Waals surface area contributed by atoms with Crippen molar-refractivity contribution in [1.29, 1.82) is 0 Å². The fraction of sp³-hybridized carbons (Fsp3) is 0.458. The van der Waals surface area contributed by atoms with Gasteiger partial charge >= 0.3 is 11.9 Å². The minimum Gasteiger partial charge on any atom is -0.463 e. The zero-order chi connectivity index (χ0) is 23.4. The molecule has 170 valence electrons. The minimum absolute atomic E-state index is 0.144. The Labute approximate surface area is 183 Å². The van der Waals surface area contributed by atoms with Crippen molar-refractivity contribution in [2.24, 2.45) is 5.92 Å². The SMILES string of the molecule is C=CCCC(=O)NC(COC(=O)C(CC=C)CC(=O)OC(C)(C)C)c1ccc(F)cc1. The van der Waals surface area contributed by atoms with Crippen LogP contribution in [0.5, 0.6) is 0 Å². The van der Waals surface area contributed by atoms with Gasteiger partial charge in [-0.1, -0.05) is 24.3 Å². The number of allylic oxidation sites excluding steroid dienone is 2. The van der Waals surface area contributed by atoms with E-state index in [-0.39, 0.29) is 31.8 Å². The van der Waals surface area contributed by atoms with Crippen molar-refractivity contribution < 1.29 is 28.2 Å². The second-order valence-electron chi connectivity index (χ2n) is 8.14. The second kappa shape index (κ2) is 12.7. The Balaban J connectivity index is 2.84. The lowest BCUT2D eigenvalue weighted by Crippen LogP contribution is -2.33. The maximum absolute atomic E-state index is 13.3. The molecule has 1 aromatic rings. The molecule has 0 aliphatic carbocycles. The molecule has 1 amide bonds. The van der Waals surface area contributed by atoms with E-state index < -0.39 is 35.3 Å². The summed E-state index contributed by atoms with van der Waals surface area (Å²) < 4.78 is 24.0. The van der Waals surface area contributed by atoms with E-state index in [1.165, 1.54) is 30.3 Å². The van der Waals surface area contributed by atoms with Crippen molar-refractivity contribution in [3.05, 3.63) is 61.0 Å². The molecule has 0 heterocycles. The maximum Gasteiger partial charge on any atom is 0.309 e. The lowest BCUT2D eigenvalue weighted by atomic mass is 10.0. The van der Waals surface area contributed by atoms with E-state index in [2.05, 4.69) is 18.5 Å². The van der Waals surface area contributed by atoms with Crippen LogP contribution in [0.4, 0.5) is 4.39 Å². The van der Waals surface area contributed by atoms with Crippen molar-refractivity contribution in [1.82, 2.24) is 5.32 Å². The predicted octanol–water partition coefficient (Wildman–Crippen LogP) is 4.42. The van der Waals surface area contributed by atoms with Crippen LogP contribution < -0.4 is 5.32 Å². The molecule has 6 nitrogen and oxygen atoms in total. The first-order valence-electron chi connectivity index (χ1n) is 10.2. The Morgan fingerprint density at radius 3 is 2.32 bits per heavy atom. The van der Waals surface area contributed by atoms with Crippen LogP contribution in [0.1, 0.15) is 58.1 Å². The fourth-order valence-electron chi connectivity index (χ4n) is 2.75. The highest BCUT2D eigenvalue weighted by Crippen LogP contribution is 2.19. The number of carbonyl (C=O) groups is 3. The van der Waals surface area contributed by atoms with Gasteiger partial charge in [-0.15, -0.1) is 13.2 Å². The number of hydrogen-bond acceptors (Lipinski definition) is 5. The molecule has 1 N–H and O–H groups in total. The number of rotatable bonds is 12. The normalized spacial score (nSPS) is 12.9. The summed E-state index contributed by atoms with van der Waals surface area (Å²) >= 11 is 0. The summed E-state index contributed by atoms with van der Waals surface area (Å²) in [6.45, 7) is 12.3. The van der Waals surface area contributed by atoms with Gasteiger partial charge in [-0.25, -0.2) is 4.39 Å². The fourth-order valence-corrected chi connectivity index (χ4v) is 2.75. The monoisotopic (exact) mass is 433 g/mol. The largest absolute Gasteiger partial charge is 0.463 e. The molecule has 0 aliphatic rings. The molecule has 7 heteroatoms. The third kappa shape index (κ3) is 10.6. The van der Waals surface area contributed by atoms with Gasteiger partial charge in [0.15, 0.2) is 0 Å². The molecule has 0 saturated heterocycles. The van der Waals surface area contributed by atoms with Gasteiger partial charge in [0.2, 0.25) is 5.91 Å². The highest BCUT2D eigenvalue weighted by Gasteiger charge is 2.27. The highest BCUT2D eigenvalue weighted by molar-refractivity contribution is 5.80. The molecular weight excluding hydrogens is 401 g/mol. The van der Waals surface area contributed by atoms with Crippen LogP contribution >= 0.6 is 0 Å². The van der Waals surface area contributed by atoms with Crippen LogP contribution in [0.15, 0.2) is 49.6 Å². The quantitative estimate of drug-likeness (QED) is 0.390. The second-order valence-corrected chi connectivity index (χ2v) is 8.14. The van der Waals surface area contributed by atoms with Gasteiger partial charge in [-0.3, -0.25) is 14.4 Å². The maximum atomic E-state index is 13.3. The molecule has 2 unspecified atom stereocenters. The minimum atomic E-state index is -0.752. The van der Waals surface area contributed by atoms with E-state index in [0.29, 0.717) is 12.0 Å². The number of esters is 2. The standard InChI is InChI=1S/C24H32FNO5/c1-6-8-10-21(27)26-20(17-11-13-19(25)14-12-17)16-30-23(29)18(9-7-2)15-22(28)31-24(3,4)5/h6-7,11-14,18,20H,1-2,8-10,15-16H2,3-5H3,(H,26,27). The first-order chi connectivity index (χ1) is 14.6. The molecule has 2 atom stereocenters. The molecular formula is C24H32FNO5. The highest BCUT2D eigenvalue weighted by atomic mass is 19.1. The lowest BCUT2D eigenvalue weighted by Gasteiger charge is -2.23. The van der Waals surface area contributed by atoms with E-state index in [1.807, 2.05) is 0 Å². The zero-order valence-corrected chi connectivity index (χ0v) is 18.5. The Kier molecular flexibility index (Phi) is 10.7. The number of amides is 1. The Hall–Kier alpha value is -2.96. The average Bonchev–Trinajstić information content (AvgIpc) is 2.68. The molecule has 1 rings (SSSR count). The number of ether oxygens (including phenoxy) is 2. The number of benzene rings is 1. The van der Waals surface area contributed by atoms with Gasteiger partial charge in [-0.2, -0.15) is 0 Å². The molecule has 1 aromatic carbocycles. The first-order valence-corrected chi connectivity index (χ1v) is 10.2. The Morgan fingerprint density at radius 2 is 1.77 bits per heavy atom. The smallest absolute Gasteiger partial charge is 0.309 e. The molecule has 0 radical (unpaired) electrons. The van der Waals surface area contributed by atoms with Crippen LogP contribution in [0.2, 0.25) is 0 Å². The third-order valence-corrected chi connectivity index (χ3v) is 4.19. The summed E-state index contributed by atoms with van der Waals surface area (Å²) in [6.07, 6.45) is 3.99. The number of hydrogen-bond donors (Lipinski definition) is 1. The van der Waals surface area contributed by atoms with Crippen molar-refractivity contribution in [3.8, 4) is 0 Å². The topological polar surface area (TPSA) is 81.7 Å². The van der Waals surface area contributed by atoms with Crippen LogP contribution in [0.25, 0.3) is 0 Å². The van der Waals surface area contributed by atoms with Gasteiger partial charge in [0.1, 0.15) is 18.0 Å². The summed E-state index contributed by atoms with van der Waals surface area (Å²) in [6, 6.07) is 4.91. The summed E-state index contributed by atoms with van der Waals surface area (Å²) in [5, 5.41) is 2.79. The first kappa shape index (κ1) is 26.1. The summed E-state index contributed by atoms with van der Waals surface area (Å²) in [5.74, 6) is -2.53. The zero-order valence-electron chi connectivity index (χ0n) is 18.5. The molecule has 0 aliphatic heterocycles. The number of carbonyl (C=O) groups excluding carboxylic acids is 3. The predicted molar refractivity (Wildman–Crippen MR) is 116 cm³/mol. The molecule has 0 bridgehead atoms. The molecule has 0 saturated carbocycles. The number of nitrogens with one attached hydrogen (secondary N) is 1. The Bertz CT molecular complexity index is 767. The van der Waals surface area contributed by atoms with Crippen LogP contribution in [0.3, 0.4) is 0 Å². The van der Waals surface area contributed by atoms with Crippen molar-refractivity contribution in [2.75, 3.05) is 6.61 Å². The molecule has 0 aromatic heterocycles. The van der Waals surface area contributed by atoms with E-state index in [4.69, 9.17) is 9.47 Å². The van der Waals surface area contributed by atoms with Crippen molar-refractivity contribution in [2.45, 2.75) is 58.1 Å². The summed E-state index contributed by atoms with van der Waals surface area (Å²) in [4.78, 5) is 36.9. The molecule has 0 spiro atoms. The van der Waals surface area contributed by atoms with Crippen molar-refractivity contribution >= 4 is 17.8 Å². The van der Waals surface area contributed by atoms with Gasteiger partial charge in [-0.05, 0) is 51.3 Å². The van der Waals surface area contributed by atoms with E-state index in [0.717, 1.165) is 0 Å². The van der Waals surface area contributed by atoms with E-state index in [1.54, 1.807) is 26.8 Å². The molecule has 0 fully saturated rings. The van der Waals surface area contributed by atoms with Gasteiger partial charge in [0.05, 0.1) is 18.4 Å². The average molecular weight is 434 g/mol. The van der Waals surface area contributed by atoms with Gasteiger partial charge in [0.25, 0.3) is 0 Å². The summed E-state index contributed by atoms with van der Waals surface area (Å²) in [5.41, 5.74) is -0.0723. The van der Waals surface area contributed by atoms with Crippen molar-refractivity contribution in [3.63, 3.8) is 0 Å².